The predicted molar refractivity (Wildman–Crippen MR) is 86.8 cm³/mol. The summed E-state index contributed by atoms with van der Waals surface area (Å²) in [6, 6.07) is 10.6. The van der Waals surface area contributed by atoms with Gasteiger partial charge in [0, 0.05) is 0 Å². The quantitative estimate of drug-likeness (QED) is 0.673. The van der Waals surface area contributed by atoms with Crippen LogP contribution in [0.2, 0.25) is 0 Å². The fourth-order valence-electron chi connectivity index (χ4n) is 1.94. The van der Waals surface area contributed by atoms with E-state index >= 15 is 0 Å². The summed E-state index contributed by atoms with van der Waals surface area (Å²) in [7, 11) is 0. The van der Waals surface area contributed by atoms with Crippen LogP contribution in [0.5, 0.6) is 17.2 Å². The molecule has 0 spiro atoms. The molecular weight excluding hydrogens is 314 g/mol. The summed E-state index contributed by atoms with van der Waals surface area (Å²) >= 11 is 0. The van der Waals surface area contributed by atoms with Crippen LogP contribution in [0.1, 0.15) is 17.3 Å². The van der Waals surface area contributed by atoms with Gasteiger partial charge < -0.3 is 25.0 Å². The number of benzene rings is 2. The van der Waals surface area contributed by atoms with Gasteiger partial charge in [0.2, 0.25) is 0 Å². The van der Waals surface area contributed by atoms with Crippen molar-refractivity contribution in [3.05, 3.63) is 48.0 Å². The van der Waals surface area contributed by atoms with Crippen molar-refractivity contribution in [2.24, 2.45) is 0 Å². The van der Waals surface area contributed by atoms with Gasteiger partial charge in [0.15, 0.2) is 18.1 Å². The molecule has 7 nitrogen and oxygen atoms in total. The number of para-hydroxylation sites is 2. The third kappa shape index (κ3) is 4.39. The van der Waals surface area contributed by atoms with Crippen molar-refractivity contribution in [2.45, 2.75) is 6.92 Å². The van der Waals surface area contributed by atoms with E-state index in [1.54, 1.807) is 24.3 Å². The van der Waals surface area contributed by atoms with Gasteiger partial charge in [-0.15, -0.1) is 0 Å². The first-order valence-electron chi connectivity index (χ1n) is 7.22. The molecule has 0 unspecified atom stereocenters. The van der Waals surface area contributed by atoms with Crippen molar-refractivity contribution in [2.75, 3.05) is 18.5 Å². The molecule has 0 saturated heterocycles. The lowest BCUT2D eigenvalue weighted by Crippen LogP contribution is -2.20. The van der Waals surface area contributed by atoms with Crippen LogP contribution >= 0.6 is 0 Å². The minimum absolute atomic E-state index is 0.0765. The Bertz CT molecular complexity index is 744. The molecule has 0 aromatic heterocycles. The minimum Gasteiger partial charge on any atom is -0.506 e. The fraction of sp³-hybridized carbons (Fsp3) is 0.176. The standard InChI is InChI=1S/C17H17NO6/c1-2-23-14-5-3-4-6-15(14)24-10-16(20)18-12-8-7-11(17(21)22)9-13(12)19/h3-9,19H,2,10H2,1H3,(H,18,20)(H,21,22). The maximum atomic E-state index is 11.9. The molecule has 1 amide bonds. The Hall–Kier alpha value is -3.22. The lowest BCUT2D eigenvalue weighted by atomic mass is 10.2. The Kier molecular flexibility index (Phi) is 5.62. The van der Waals surface area contributed by atoms with Gasteiger partial charge in [-0.3, -0.25) is 4.79 Å². The number of anilines is 1. The molecule has 0 bridgehead atoms. The number of aromatic carboxylic acids is 1. The number of rotatable bonds is 7. The summed E-state index contributed by atoms with van der Waals surface area (Å²) in [6.45, 7) is 2.02. The number of ether oxygens (including phenoxy) is 2. The Labute approximate surface area is 138 Å². The number of nitrogens with one attached hydrogen (secondary N) is 1. The highest BCUT2D eigenvalue weighted by molar-refractivity contribution is 5.95. The Morgan fingerprint density at radius 1 is 1.08 bits per heavy atom. The van der Waals surface area contributed by atoms with Crippen LogP contribution in [0, 0.1) is 0 Å². The van der Waals surface area contributed by atoms with Crippen molar-refractivity contribution < 1.29 is 29.3 Å². The van der Waals surface area contributed by atoms with Gasteiger partial charge in [-0.25, -0.2) is 4.79 Å². The maximum absolute atomic E-state index is 11.9. The van der Waals surface area contributed by atoms with Crippen molar-refractivity contribution in [1.29, 1.82) is 0 Å². The van der Waals surface area contributed by atoms with Gasteiger partial charge in [-0.05, 0) is 37.3 Å². The molecule has 24 heavy (non-hydrogen) atoms. The fourth-order valence-corrected chi connectivity index (χ4v) is 1.94. The number of hydrogen-bond acceptors (Lipinski definition) is 5. The van der Waals surface area contributed by atoms with Gasteiger partial charge in [-0.2, -0.15) is 0 Å². The summed E-state index contributed by atoms with van der Waals surface area (Å²) in [5.41, 5.74) is 0.0269. The topological polar surface area (TPSA) is 105 Å². The lowest BCUT2D eigenvalue weighted by molar-refractivity contribution is -0.118. The van der Waals surface area contributed by atoms with Gasteiger partial charge in [0.25, 0.3) is 5.91 Å². The molecule has 2 aromatic carbocycles. The summed E-state index contributed by atoms with van der Waals surface area (Å²) in [6.07, 6.45) is 0. The molecular formula is C17H17NO6. The lowest BCUT2D eigenvalue weighted by Gasteiger charge is -2.12. The first kappa shape index (κ1) is 17.1. The SMILES string of the molecule is CCOc1ccccc1OCC(=O)Nc1ccc(C(=O)O)cc1O. The van der Waals surface area contributed by atoms with E-state index in [0.29, 0.717) is 18.1 Å². The average molecular weight is 331 g/mol. The molecule has 126 valence electrons. The number of carboxylic acids is 1. The van der Waals surface area contributed by atoms with Crippen LogP contribution in [0.4, 0.5) is 5.69 Å². The van der Waals surface area contributed by atoms with Crippen molar-refractivity contribution >= 4 is 17.6 Å². The maximum Gasteiger partial charge on any atom is 0.335 e. The van der Waals surface area contributed by atoms with E-state index < -0.39 is 11.9 Å². The van der Waals surface area contributed by atoms with E-state index in [4.69, 9.17) is 14.6 Å². The average Bonchev–Trinajstić information content (AvgIpc) is 2.56. The van der Waals surface area contributed by atoms with Crippen molar-refractivity contribution in [3.63, 3.8) is 0 Å². The van der Waals surface area contributed by atoms with Crippen LogP contribution in [0.3, 0.4) is 0 Å². The monoisotopic (exact) mass is 331 g/mol. The summed E-state index contributed by atoms with van der Waals surface area (Å²) in [5.74, 6) is -1.04. The van der Waals surface area contributed by atoms with Crippen LogP contribution in [-0.4, -0.2) is 35.3 Å². The van der Waals surface area contributed by atoms with E-state index in [1.165, 1.54) is 12.1 Å². The summed E-state index contributed by atoms with van der Waals surface area (Å²) in [4.78, 5) is 22.7. The van der Waals surface area contributed by atoms with Crippen LogP contribution < -0.4 is 14.8 Å². The molecule has 0 atom stereocenters. The molecule has 0 aliphatic carbocycles. The zero-order valence-electron chi connectivity index (χ0n) is 13.0. The van der Waals surface area contributed by atoms with E-state index in [9.17, 15) is 14.7 Å². The molecule has 0 radical (unpaired) electrons. The number of amides is 1. The normalized spacial score (nSPS) is 10.0. The number of carbonyl (C=O) groups excluding carboxylic acids is 1. The Balaban J connectivity index is 1.98. The number of phenols is 1. The molecule has 0 saturated carbocycles. The second kappa shape index (κ2) is 7.87. The van der Waals surface area contributed by atoms with Gasteiger partial charge in [0.05, 0.1) is 17.9 Å². The van der Waals surface area contributed by atoms with E-state index in [-0.39, 0.29) is 23.6 Å². The van der Waals surface area contributed by atoms with E-state index in [1.807, 2.05) is 6.92 Å². The Morgan fingerprint density at radius 2 is 1.75 bits per heavy atom. The molecule has 0 aliphatic heterocycles. The zero-order chi connectivity index (χ0) is 17.5. The van der Waals surface area contributed by atoms with Crippen molar-refractivity contribution in [3.8, 4) is 17.2 Å². The summed E-state index contributed by atoms with van der Waals surface area (Å²) < 4.78 is 10.8. The predicted octanol–water partition coefficient (Wildman–Crippen LogP) is 2.51. The molecule has 7 heteroatoms. The molecule has 0 aliphatic rings. The van der Waals surface area contributed by atoms with Crippen LogP contribution in [0.15, 0.2) is 42.5 Å². The molecule has 2 aromatic rings. The van der Waals surface area contributed by atoms with Crippen LogP contribution in [0.25, 0.3) is 0 Å². The number of carboxylic acid groups (broad SMARTS) is 1. The minimum atomic E-state index is -1.17. The van der Waals surface area contributed by atoms with E-state index in [2.05, 4.69) is 5.32 Å². The number of aromatic hydroxyl groups is 1. The van der Waals surface area contributed by atoms with E-state index in [0.717, 1.165) is 6.07 Å². The largest absolute Gasteiger partial charge is 0.506 e. The second-order valence-electron chi connectivity index (χ2n) is 4.75. The van der Waals surface area contributed by atoms with Crippen LogP contribution in [-0.2, 0) is 4.79 Å². The third-order valence-electron chi connectivity index (χ3n) is 3.03. The van der Waals surface area contributed by atoms with Gasteiger partial charge in [-0.1, -0.05) is 12.1 Å². The second-order valence-corrected chi connectivity index (χ2v) is 4.75. The van der Waals surface area contributed by atoms with Gasteiger partial charge in [0.1, 0.15) is 5.75 Å². The number of carbonyl (C=O) groups is 2. The molecule has 0 fully saturated rings. The first-order chi connectivity index (χ1) is 11.5. The van der Waals surface area contributed by atoms with Gasteiger partial charge >= 0.3 is 5.97 Å². The third-order valence-corrected chi connectivity index (χ3v) is 3.03. The Morgan fingerprint density at radius 3 is 2.33 bits per heavy atom. The first-order valence-corrected chi connectivity index (χ1v) is 7.22. The zero-order valence-corrected chi connectivity index (χ0v) is 13.0. The molecule has 0 heterocycles. The van der Waals surface area contributed by atoms with Crippen molar-refractivity contribution in [1.82, 2.24) is 0 Å². The smallest absolute Gasteiger partial charge is 0.335 e. The number of hydrogen-bond donors (Lipinski definition) is 3. The summed E-state index contributed by atoms with van der Waals surface area (Å²) in [5, 5.41) is 21.0. The number of phenolic OH excluding ortho intramolecular Hbond substituents is 1. The highest BCUT2D eigenvalue weighted by Gasteiger charge is 2.12. The highest BCUT2D eigenvalue weighted by atomic mass is 16.5. The highest BCUT2D eigenvalue weighted by Crippen LogP contribution is 2.27. The molecule has 2 rings (SSSR count). The molecule has 3 N–H and O–H groups in total.